The van der Waals surface area contributed by atoms with Crippen LogP contribution in [0.5, 0.6) is 0 Å². The quantitative estimate of drug-likeness (QED) is 0.719. The van der Waals surface area contributed by atoms with Crippen LogP contribution in [0.2, 0.25) is 0 Å². The Kier molecular flexibility index (Phi) is 6.08. The molecule has 2 aliphatic rings. The van der Waals surface area contributed by atoms with E-state index < -0.39 is 6.03 Å². The van der Waals surface area contributed by atoms with Crippen molar-refractivity contribution in [2.45, 2.75) is 50.4 Å². The number of amides is 4. The summed E-state index contributed by atoms with van der Waals surface area (Å²) in [4.78, 5) is 36.4. The zero-order valence-corrected chi connectivity index (χ0v) is 15.4. The van der Waals surface area contributed by atoms with Crippen molar-refractivity contribution in [3.63, 3.8) is 0 Å². The topological polar surface area (TPSA) is 78.5 Å². The van der Waals surface area contributed by atoms with Gasteiger partial charge in [0.05, 0.1) is 6.54 Å². The molecule has 0 aromatic heterocycles. The molecule has 6 nitrogen and oxygen atoms in total. The van der Waals surface area contributed by atoms with Gasteiger partial charge in [-0.25, -0.2) is 9.18 Å². The van der Waals surface area contributed by atoms with E-state index in [1.165, 1.54) is 18.6 Å². The van der Waals surface area contributed by atoms with Crippen molar-refractivity contribution in [2.75, 3.05) is 19.6 Å². The number of halogens is 1. The molecule has 2 fully saturated rings. The average molecular weight is 375 g/mol. The largest absolute Gasteiger partial charge is 0.355 e. The highest BCUT2D eigenvalue weighted by atomic mass is 19.1. The van der Waals surface area contributed by atoms with Gasteiger partial charge in [-0.2, -0.15) is 0 Å². The van der Waals surface area contributed by atoms with E-state index in [-0.39, 0.29) is 42.6 Å². The lowest BCUT2D eigenvalue weighted by atomic mass is 9.69. The first kappa shape index (κ1) is 19.3. The van der Waals surface area contributed by atoms with Crippen LogP contribution in [0.1, 0.15) is 50.5 Å². The van der Waals surface area contributed by atoms with E-state index in [1.807, 2.05) is 12.1 Å². The van der Waals surface area contributed by atoms with Crippen molar-refractivity contribution in [3.05, 3.63) is 35.6 Å². The van der Waals surface area contributed by atoms with Crippen LogP contribution in [0, 0.1) is 5.82 Å². The molecule has 0 spiro atoms. The van der Waals surface area contributed by atoms with E-state index in [2.05, 4.69) is 10.6 Å². The fraction of sp³-hybridized carbons (Fsp3) is 0.550. The molecule has 2 N–H and O–H groups in total. The molecule has 0 atom stereocenters. The first-order chi connectivity index (χ1) is 13.0. The van der Waals surface area contributed by atoms with E-state index in [0.29, 0.717) is 13.0 Å². The minimum Gasteiger partial charge on any atom is -0.355 e. The Labute approximate surface area is 158 Å². The Hall–Kier alpha value is -2.44. The number of benzene rings is 1. The summed E-state index contributed by atoms with van der Waals surface area (Å²) in [6.07, 6.45) is 6.02. The molecule has 0 unspecified atom stereocenters. The lowest BCUT2D eigenvalue weighted by Gasteiger charge is -2.38. The predicted molar refractivity (Wildman–Crippen MR) is 98.5 cm³/mol. The lowest BCUT2D eigenvalue weighted by molar-refractivity contribution is -0.126. The smallest absolute Gasteiger partial charge is 0.324 e. The molecule has 3 rings (SSSR count). The van der Waals surface area contributed by atoms with Gasteiger partial charge in [-0.1, -0.05) is 31.4 Å². The van der Waals surface area contributed by atoms with Crippen molar-refractivity contribution in [3.8, 4) is 0 Å². The molecule has 1 aliphatic carbocycles. The molecule has 1 saturated carbocycles. The molecule has 1 heterocycles. The van der Waals surface area contributed by atoms with E-state index in [1.54, 1.807) is 0 Å². The van der Waals surface area contributed by atoms with Gasteiger partial charge in [0.15, 0.2) is 0 Å². The zero-order chi connectivity index (χ0) is 19.3. The SMILES string of the molecule is O=C(CCCN1C(=O)CNC1=O)NCC1(c2ccc(F)cc2)CCCCC1. The van der Waals surface area contributed by atoms with Crippen molar-refractivity contribution in [1.29, 1.82) is 0 Å². The first-order valence-corrected chi connectivity index (χ1v) is 9.61. The van der Waals surface area contributed by atoms with E-state index in [4.69, 9.17) is 0 Å². The second-order valence-electron chi connectivity index (χ2n) is 7.43. The van der Waals surface area contributed by atoms with Crippen molar-refractivity contribution < 1.29 is 18.8 Å². The summed E-state index contributed by atoms with van der Waals surface area (Å²) in [6.45, 7) is 0.813. The fourth-order valence-electron chi connectivity index (χ4n) is 4.03. The fourth-order valence-corrected chi connectivity index (χ4v) is 4.03. The molecule has 1 aliphatic heterocycles. The molecule has 4 amide bonds. The highest BCUT2D eigenvalue weighted by molar-refractivity contribution is 6.01. The Balaban J connectivity index is 1.52. The lowest BCUT2D eigenvalue weighted by Crippen LogP contribution is -2.42. The van der Waals surface area contributed by atoms with Gasteiger partial charge in [0.2, 0.25) is 11.8 Å². The minimum atomic E-state index is -0.391. The highest BCUT2D eigenvalue weighted by Crippen LogP contribution is 2.39. The molecule has 1 aromatic rings. The van der Waals surface area contributed by atoms with Crippen LogP contribution in [-0.4, -0.2) is 42.4 Å². The predicted octanol–water partition coefficient (Wildman–Crippen LogP) is 2.48. The monoisotopic (exact) mass is 375 g/mol. The van der Waals surface area contributed by atoms with Gasteiger partial charge in [0.25, 0.3) is 0 Å². The number of hydrogen-bond acceptors (Lipinski definition) is 3. The second-order valence-corrected chi connectivity index (χ2v) is 7.43. The molecule has 27 heavy (non-hydrogen) atoms. The Morgan fingerprint density at radius 3 is 2.48 bits per heavy atom. The minimum absolute atomic E-state index is 0.0330. The maximum absolute atomic E-state index is 13.3. The maximum atomic E-state index is 13.3. The number of urea groups is 1. The summed E-state index contributed by atoms with van der Waals surface area (Å²) >= 11 is 0. The van der Waals surface area contributed by atoms with Gasteiger partial charge < -0.3 is 10.6 Å². The molecule has 146 valence electrons. The summed E-state index contributed by atoms with van der Waals surface area (Å²) in [7, 11) is 0. The second kappa shape index (κ2) is 8.50. The van der Waals surface area contributed by atoms with Gasteiger partial charge >= 0.3 is 6.03 Å². The Bertz CT molecular complexity index is 683. The maximum Gasteiger partial charge on any atom is 0.324 e. The van der Waals surface area contributed by atoms with Gasteiger partial charge in [0.1, 0.15) is 5.82 Å². The average Bonchev–Trinajstić information content (AvgIpc) is 3.00. The van der Waals surface area contributed by atoms with Crippen LogP contribution in [0.25, 0.3) is 0 Å². The van der Waals surface area contributed by atoms with Crippen molar-refractivity contribution in [2.24, 2.45) is 0 Å². The third-order valence-electron chi connectivity index (χ3n) is 5.61. The van der Waals surface area contributed by atoms with Gasteiger partial charge in [-0.15, -0.1) is 0 Å². The van der Waals surface area contributed by atoms with Crippen molar-refractivity contribution >= 4 is 17.8 Å². The third kappa shape index (κ3) is 4.64. The Morgan fingerprint density at radius 1 is 1.15 bits per heavy atom. The van der Waals surface area contributed by atoms with E-state index in [9.17, 15) is 18.8 Å². The van der Waals surface area contributed by atoms with Crippen LogP contribution < -0.4 is 10.6 Å². The number of nitrogens with zero attached hydrogens (tertiary/aromatic N) is 1. The molecular weight excluding hydrogens is 349 g/mol. The zero-order valence-electron chi connectivity index (χ0n) is 15.4. The molecular formula is C20H26FN3O3. The highest BCUT2D eigenvalue weighted by Gasteiger charge is 2.34. The number of carbonyl (C=O) groups excluding carboxylic acids is 3. The van der Waals surface area contributed by atoms with Crippen LogP contribution in [0.3, 0.4) is 0 Å². The number of rotatable bonds is 7. The van der Waals surface area contributed by atoms with Gasteiger partial charge in [-0.05, 0) is 37.0 Å². The van der Waals surface area contributed by atoms with Crippen molar-refractivity contribution in [1.82, 2.24) is 15.5 Å². The van der Waals surface area contributed by atoms with Crippen LogP contribution in [-0.2, 0) is 15.0 Å². The molecule has 1 aromatic carbocycles. The summed E-state index contributed by atoms with van der Waals surface area (Å²) in [6, 6.07) is 6.21. The number of nitrogens with one attached hydrogen (secondary N) is 2. The number of carbonyl (C=O) groups is 3. The molecule has 0 bridgehead atoms. The Morgan fingerprint density at radius 2 is 1.85 bits per heavy atom. The first-order valence-electron chi connectivity index (χ1n) is 9.61. The molecule has 7 heteroatoms. The van der Waals surface area contributed by atoms with Crippen LogP contribution in [0.4, 0.5) is 9.18 Å². The van der Waals surface area contributed by atoms with Crippen LogP contribution in [0.15, 0.2) is 24.3 Å². The van der Waals surface area contributed by atoms with E-state index >= 15 is 0 Å². The number of hydrogen-bond donors (Lipinski definition) is 2. The molecule has 1 saturated heterocycles. The standard InChI is InChI=1S/C20H26FN3O3/c21-16-8-6-15(7-9-16)20(10-2-1-3-11-20)14-23-17(25)5-4-12-24-18(26)13-22-19(24)27/h6-9H,1-5,10-14H2,(H,22,27)(H,23,25). The summed E-state index contributed by atoms with van der Waals surface area (Å²) in [5.41, 5.74) is 0.926. The third-order valence-corrected chi connectivity index (χ3v) is 5.61. The molecule has 0 radical (unpaired) electrons. The summed E-state index contributed by atoms with van der Waals surface area (Å²) in [5.74, 6) is -0.596. The normalized spacial score (nSPS) is 19.1. The van der Waals surface area contributed by atoms with Gasteiger partial charge in [-0.3, -0.25) is 14.5 Å². The van der Waals surface area contributed by atoms with Crippen LogP contribution >= 0.6 is 0 Å². The summed E-state index contributed by atoms with van der Waals surface area (Å²) < 4.78 is 13.3. The van der Waals surface area contributed by atoms with E-state index in [0.717, 1.165) is 36.1 Å². The number of imide groups is 1. The summed E-state index contributed by atoms with van der Waals surface area (Å²) in [5, 5.41) is 5.48. The van der Waals surface area contributed by atoms with Gasteiger partial charge in [0, 0.05) is 24.9 Å².